The highest BCUT2D eigenvalue weighted by Gasteiger charge is 2.20. The molecule has 3 heteroatoms. The van der Waals surface area contributed by atoms with Crippen LogP contribution in [0.15, 0.2) is 273 Å². The van der Waals surface area contributed by atoms with Gasteiger partial charge in [0.1, 0.15) is 0 Å². The summed E-state index contributed by atoms with van der Waals surface area (Å²) >= 11 is 0. The minimum absolute atomic E-state index is 0.673. The van der Waals surface area contributed by atoms with E-state index in [0.717, 1.165) is 61.6 Å². The van der Waals surface area contributed by atoms with E-state index in [-0.39, 0.29) is 0 Å². The maximum Gasteiger partial charge on any atom is 0.160 e. The average Bonchev–Trinajstić information content (AvgIpc) is 3.78. The van der Waals surface area contributed by atoms with Crippen molar-refractivity contribution in [1.29, 1.82) is 0 Å². The molecule has 3 nitrogen and oxygen atoms in total. The normalized spacial score (nSPS) is 11.4. The highest BCUT2D eigenvalue weighted by Crippen LogP contribution is 2.42. The first-order valence-electron chi connectivity index (χ1n) is 24.2. The maximum atomic E-state index is 5.36. The molecule has 0 atom stereocenters. The summed E-state index contributed by atoms with van der Waals surface area (Å²) < 4.78 is 2.46. The van der Waals surface area contributed by atoms with E-state index in [1.807, 2.05) is 0 Å². The molecule has 0 aliphatic heterocycles. The SMILES string of the molecule is c1ccc(-c2ccc3c(c2)c2cc(-c4ccccc4)ccc2n3-c2ccc(-c3ccc(-c4nc(-c5ccccc5-c5ccccc5)cc(-c5ccccc5-c5ccccc5)n4)cc3)c3ccccc23)cc1. The average molecular weight is 904 g/mol. The van der Waals surface area contributed by atoms with E-state index in [2.05, 4.69) is 278 Å². The van der Waals surface area contributed by atoms with E-state index in [1.165, 1.54) is 60.4 Å². The molecule has 2 heterocycles. The fourth-order valence-electron chi connectivity index (χ4n) is 10.4. The van der Waals surface area contributed by atoms with Crippen molar-refractivity contribution in [2.45, 2.75) is 0 Å². The van der Waals surface area contributed by atoms with Crippen LogP contribution in [0.3, 0.4) is 0 Å². The molecular formula is C68H45N3. The van der Waals surface area contributed by atoms with Crippen molar-refractivity contribution in [3.63, 3.8) is 0 Å². The molecule has 0 saturated heterocycles. The van der Waals surface area contributed by atoms with Crippen molar-refractivity contribution in [3.8, 4) is 95.2 Å². The standard InChI is InChI=1S/C68H45N3/c1-5-19-46(20-6-1)52-37-40-66-61(43-52)62-44-53(47-21-7-2-8-22-47)38-41-67(62)71(66)65-42-39-56(57-29-15-18-32-60(57)65)50-33-35-51(36-34-50)68-69-63(58-30-16-13-27-54(58)48-23-9-3-10-24-48)45-64(70-68)59-31-17-14-28-55(59)49-25-11-4-12-26-49/h1-45H. The summed E-state index contributed by atoms with van der Waals surface area (Å²) in [4.78, 5) is 10.7. The smallest absolute Gasteiger partial charge is 0.160 e. The van der Waals surface area contributed by atoms with Crippen LogP contribution in [-0.2, 0) is 0 Å². The maximum absolute atomic E-state index is 5.36. The van der Waals surface area contributed by atoms with Gasteiger partial charge >= 0.3 is 0 Å². The first-order chi connectivity index (χ1) is 35.2. The van der Waals surface area contributed by atoms with Crippen LogP contribution < -0.4 is 0 Å². The summed E-state index contributed by atoms with van der Waals surface area (Å²) in [5, 5.41) is 4.82. The summed E-state index contributed by atoms with van der Waals surface area (Å²) in [7, 11) is 0. The Balaban J connectivity index is 0.935. The van der Waals surface area contributed by atoms with E-state index in [4.69, 9.17) is 9.97 Å². The van der Waals surface area contributed by atoms with E-state index in [1.54, 1.807) is 0 Å². The summed E-state index contributed by atoms with van der Waals surface area (Å²) in [5.41, 5.74) is 19.9. The molecule has 0 spiro atoms. The van der Waals surface area contributed by atoms with Crippen LogP contribution in [0.25, 0.3) is 128 Å². The first kappa shape index (κ1) is 41.7. The number of aromatic nitrogens is 3. The Morgan fingerprint density at radius 2 is 0.606 bits per heavy atom. The third kappa shape index (κ3) is 7.67. The van der Waals surface area contributed by atoms with Gasteiger partial charge in [-0.15, -0.1) is 0 Å². The number of nitrogens with zero attached hydrogens (tertiary/aromatic N) is 3. The van der Waals surface area contributed by atoms with E-state index in [0.29, 0.717) is 5.82 Å². The van der Waals surface area contributed by atoms with Crippen molar-refractivity contribution in [1.82, 2.24) is 14.5 Å². The Morgan fingerprint density at radius 1 is 0.225 bits per heavy atom. The van der Waals surface area contributed by atoms with Crippen molar-refractivity contribution in [2.75, 3.05) is 0 Å². The van der Waals surface area contributed by atoms with Gasteiger partial charge in [0.2, 0.25) is 0 Å². The molecule has 0 bridgehead atoms. The second kappa shape index (κ2) is 17.9. The number of rotatable bonds is 9. The second-order valence-corrected chi connectivity index (χ2v) is 18.1. The summed E-state index contributed by atoms with van der Waals surface area (Å²) in [6.07, 6.45) is 0. The molecular weight excluding hydrogens is 859 g/mol. The van der Waals surface area contributed by atoms with Gasteiger partial charge in [0.15, 0.2) is 5.82 Å². The van der Waals surface area contributed by atoms with Crippen LogP contribution in [0.1, 0.15) is 0 Å². The van der Waals surface area contributed by atoms with Gasteiger partial charge in [-0.25, -0.2) is 9.97 Å². The van der Waals surface area contributed by atoms with Gasteiger partial charge in [-0.3, -0.25) is 0 Å². The van der Waals surface area contributed by atoms with Crippen LogP contribution in [0.2, 0.25) is 0 Å². The lowest BCUT2D eigenvalue weighted by molar-refractivity contribution is 1.18. The van der Waals surface area contributed by atoms with Crippen molar-refractivity contribution in [2.24, 2.45) is 0 Å². The van der Waals surface area contributed by atoms with Crippen LogP contribution in [-0.4, -0.2) is 14.5 Å². The van der Waals surface area contributed by atoms with Crippen molar-refractivity contribution < 1.29 is 0 Å². The van der Waals surface area contributed by atoms with Crippen LogP contribution in [0.4, 0.5) is 0 Å². The fraction of sp³-hybridized carbons (Fsp3) is 0. The molecule has 0 radical (unpaired) electrons. The van der Waals surface area contributed by atoms with Gasteiger partial charge in [-0.2, -0.15) is 0 Å². The highest BCUT2D eigenvalue weighted by molar-refractivity contribution is 6.13. The molecule has 332 valence electrons. The van der Waals surface area contributed by atoms with Crippen molar-refractivity contribution in [3.05, 3.63) is 273 Å². The number of hydrogen-bond acceptors (Lipinski definition) is 2. The Labute approximate surface area is 413 Å². The molecule has 13 aromatic rings. The highest BCUT2D eigenvalue weighted by atomic mass is 15.0. The number of benzene rings is 11. The van der Waals surface area contributed by atoms with Gasteiger partial charge < -0.3 is 4.57 Å². The van der Waals surface area contributed by atoms with Gasteiger partial charge in [-0.1, -0.05) is 237 Å². The third-order valence-corrected chi connectivity index (χ3v) is 13.9. The molecule has 0 unspecified atom stereocenters. The minimum atomic E-state index is 0.673. The topological polar surface area (TPSA) is 30.7 Å². The molecule has 11 aromatic carbocycles. The van der Waals surface area contributed by atoms with Crippen LogP contribution in [0, 0.1) is 0 Å². The van der Waals surface area contributed by atoms with E-state index >= 15 is 0 Å². The predicted molar refractivity (Wildman–Crippen MR) is 297 cm³/mol. The zero-order valence-corrected chi connectivity index (χ0v) is 38.8. The van der Waals surface area contributed by atoms with Crippen LogP contribution >= 0.6 is 0 Å². The molecule has 13 rings (SSSR count). The summed E-state index contributed by atoms with van der Waals surface area (Å²) in [5.74, 6) is 0.673. The Morgan fingerprint density at radius 3 is 1.10 bits per heavy atom. The first-order valence-corrected chi connectivity index (χ1v) is 24.2. The van der Waals surface area contributed by atoms with Gasteiger partial charge in [0.05, 0.1) is 28.1 Å². The largest absolute Gasteiger partial charge is 0.309 e. The molecule has 0 N–H and O–H groups in total. The quantitative estimate of drug-likeness (QED) is 0.144. The molecule has 71 heavy (non-hydrogen) atoms. The summed E-state index contributed by atoms with van der Waals surface area (Å²) in [6, 6.07) is 97.7. The lowest BCUT2D eigenvalue weighted by atomic mass is 9.94. The molecule has 2 aromatic heterocycles. The molecule has 0 amide bonds. The van der Waals surface area contributed by atoms with Crippen molar-refractivity contribution >= 4 is 32.6 Å². The third-order valence-electron chi connectivity index (χ3n) is 13.9. The summed E-state index contributed by atoms with van der Waals surface area (Å²) in [6.45, 7) is 0. The molecule has 0 aliphatic carbocycles. The van der Waals surface area contributed by atoms with Gasteiger partial charge in [0.25, 0.3) is 0 Å². The Hall–Kier alpha value is -9.44. The fourth-order valence-corrected chi connectivity index (χ4v) is 10.4. The second-order valence-electron chi connectivity index (χ2n) is 18.1. The Kier molecular flexibility index (Phi) is 10.5. The van der Waals surface area contributed by atoms with Gasteiger partial charge in [-0.05, 0) is 97.4 Å². The lowest BCUT2D eigenvalue weighted by Crippen LogP contribution is -1.98. The van der Waals surface area contributed by atoms with E-state index in [9.17, 15) is 0 Å². The number of hydrogen-bond donors (Lipinski definition) is 0. The van der Waals surface area contributed by atoms with Gasteiger partial charge in [0, 0.05) is 32.8 Å². The lowest BCUT2D eigenvalue weighted by Gasteiger charge is -2.16. The molecule has 0 aliphatic rings. The monoisotopic (exact) mass is 903 g/mol. The zero-order chi connectivity index (χ0) is 47.1. The molecule has 0 fully saturated rings. The minimum Gasteiger partial charge on any atom is -0.309 e. The zero-order valence-electron chi connectivity index (χ0n) is 38.8. The Bertz CT molecular complexity index is 3870. The number of fused-ring (bicyclic) bond motifs is 4. The molecule has 0 saturated carbocycles. The van der Waals surface area contributed by atoms with E-state index < -0.39 is 0 Å². The van der Waals surface area contributed by atoms with Crippen LogP contribution in [0.5, 0.6) is 0 Å². The predicted octanol–water partition coefficient (Wildman–Crippen LogP) is 18.1.